The second-order valence-corrected chi connectivity index (χ2v) is 6.68. The van der Waals surface area contributed by atoms with E-state index in [1.165, 1.54) is 13.2 Å². The first kappa shape index (κ1) is 21.7. The van der Waals surface area contributed by atoms with E-state index in [1.54, 1.807) is 45.0 Å². The Balaban J connectivity index is 2.10. The minimum absolute atomic E-state index is 0.429. The number of ether oxygens (including phenoxy) is 4. The van der Waals surface area contributed by atoms with E-state index in [2.05, 4.69) is 0 Å². The summed E-state index contributed by atoms with van der Waals surface area (Å²) in [6.07, 6.45) is -3.55. The molecule has 0 spiro atoms. The maximum absolute atomic E-state index is 11.3. The highest BCUT2D eigenvalue weighted by molar-refractivity contribution is 5.77. The van der Waals surface area contributed by atoms with Gasteiger partial charge in [-0.3, -0.25) is 0 Å². The lowest BCUT2D eigenvalue weighted by Crippen LogP contribution is -2.53. The maximum Gasteiger partial charge on any atom is 0.404 e. The van der Waals surface area contributed by atoms with Gasteiger partial charge in [-0.15, -0.1) is 0 Å². The molecule has 3 N–H and O–H groups in total. The molecule has 2 rings (SSSR count). The van der Waals surface area contributed by atoms with Crippen LogP contribution in [0.4, 0.5) is 4.79 Å². The van der Waals surface area contributed by atoms with Gasteiger partial charge in [0.1, 0.15) is 17.4 Å². The summed E-state index contributed by atoms with van der Waals surface area (Å²) in [5.41, 5.74) is 4.06. The monoisotopic (exact) mass is 395 g/mol. The van der Waals surface area contributed by atoms with Crippen molar-refractivity contribution in [2.75, 3.05) is 13.7 Å². The average Bonchev–Trinajstić information content (AvgIpc) is 2.60. The number of aliphatic hydroxyl groups is 1. The Hall–Kier alpha value is -2.62. The fourth-order valence-corrected chi connectivity index (χ4v) is 3.06. The molecular formula is C19H25NO8. The number of benzene rings is 1. The van der Waals surface area contributed by atoms with Crippen molar-refractivity contribution in [1.29, 1.82) is 0 Å². The molecule has 0 aliphatic rings. The Kier molecular flexibility index (Phi) is 7.00. The number of amides is 1. The van der Waals surface area contributed by atoms with Crippen molar-refractivity contribution in [3.8, 4) is 5.75 Å². The van der Waals surface area contributed by atoms with Gasteiger partial charge >= 0.3 is 11.7 Å². The smallest absolute Gasteiger partial charge is 0.404 e. The molecule has 0 fully saturated rings. The molecule has 9 nitrogen and oxygen atoms in total. The molecule has 0 radical (unpaired) electrons. The highest BCUT2D eigenvalue weighted by Gasteiger charge is 2.40. The Bertz CT molecular complexity index is 862. The summed E-state index contributed by atoms with van der Waals surface area (Å²) in [7, 11) is 1.41. The zero-order chi connectivity index (χ0) is 20.9. The van der Waals surface area contributed by atoms with E-state index in [-0.39, 0.29) is 0 Å². The topological polar surface area (TPSA) is 130 Å². The van der Waals surface area contributed by atoms with Crippen molar-refractivity contribution in [2.45, 2.75) is 44.9 Å². The van der Waals surface area contributed by atoms with Gasteiger partial charge in [0.2, 0.25) is 0 Å². The summed E-state index contributed by atoms with van der Waals surface area (Å²) in [4.78, 5) is 22.3. The SMILES string of the molecule is COC(C(CO)OC(N)=O)C(C)(C)O[C@H](C)Oc1ccc2oc(=O)ccc2c1. The van der Waals surface area contributed by atoms with Crippen LogP contribution in [0.5, 0.6) is 5.75 Å². The number of carbonyl (C=O) groups excluding carboxylic acids is 1. The molecule has 0 aliphatic heterocycles. The molecule has 1 aromatic heterocycles. The summed E-state index contributed by atoms with van der Waals surface area (Å²) in [5.74, 6) is 0.505. The van der Waals surface area contributed by atoms with Gasteiger partial charge in [-0.1, -0.05) is 0 Å². The second-order valence-electron chi connectivity index (χ2n) is 6.68. The lowest BCUT2D eigenvalue weighted by molar-refractivity contribution is -0.215. The minimum atomic E-state index is -1.02. The molecule has 1 aromatic carbocycles. The van der Waals surface area contributed by atoms with Crippen molar-refractivity contribution in [1.82, 2.24) is 0 Å². The van der Waals surface area contributed by atoms with Gasteiger partial charge < -0.3 is 34.2 Å². The van der Waals surface area contributed by atoms with Crippen molar-refractivity contribution in [2.24, 2.45) is 5.73 Å². The Morgan fingerprint density at radius 1 is 1.29 bits per heavy atom. The van der Waals surface area contributed by atoms with Crippen molar-refractivity contribution < 1.29 is 33.3 Å². The summed E-state index contributed by atoms with van der Waals surface area (Å²) in [6, 6.07) is 7.96. The van der Waals surface area contributed by atoms with Crippen molar-refractivity contribution >= 4 is 17.1 Å². The number of carbonyl (C=O) groups is 1. The van der Waals surface area contributed by atoms with Crippen molar-refractivity contribution in [3.05, 3.63) is 40.8 Å². The third-order valence-electron chi connectivity index (χ3n) is 4.09. The predicted octanol–water partition coefficient (Wildman–Crippen LogP) is 1.78. The first-order valence-electron chi connectivity index (χ1n) is 8.64. The largest absolute Gasteiger partial charge is 0.465 e. The number of hydrogen-bond acceptors (Lipinski definition) is 8. The van der Waals surface area contributed by atoms with E-state index in [0.717, 1.165) is 0 Å². The normalized spacial score (nSPS) is 15.0. The third-order valence-corrected chi connectivity index (χ3v) is 4.09. The number of aliphatic hydroxyl groups excluding tert-OH is 1. The second kappa shape index (κ2) is 9.05. The van der Waals surface area contributed by atoms with Gasteiger partial charge in [0.05, 0.1) is 12.2 Å². The lowest BCUT2D eigenvalue weighted by Gasteiger charge is -2.38. The molecule has 28 heavy (non-hydrogen) atoms. The fourth-order valence-electron chi connectivity index (χ4n) is 3.06. The molecule has 0 saturated carbocycles. The molecule has 154 valence electrons. The van der Waals surface area contributed by atoms with E-state index in [1.807, 2.05) is 0 Å². The minimum Gasteiger partial charge on any atom is -0.465 e. The van der Waals surface area contributed by atoms with Crippen LogP contribution in [0.1, 0.15) is 20.8 Å². The summed E-state index contributed by atoms with van der Waals surface area (Å²) in [6.45, 7) is 4.62. The first-order valence-corrected chi connectivity index (χ1v) is 8.64. The number of nitrogens with two attached hydrogens (primary N) is 1. The standard InChI is InChI=1S/C19H25NO8/c1-11(25-13-6-7-14-12(9-13)5-8-16(22)26-14)28-19(2,3)17(24-4)15(10-21)27-18(20)23/h5-9,11,15,17,21H,10H2,1-4H3,(H2,20,23)/t11-,15?,17?/m1/s1. The Labute approximate surface area is 161 Å². The van der Waals surface area contributed by atoms with Gasteiger partial charge in [-0.05, 0) is 45.0 Å². The fraction of sp³-hybridized carbons (Fsp3) is 0.474. The van der Waals surface area contributed by atoms with Crippen LogP contribution < -0.4 is 16.1 Å². The quantitative estimate of drug-likeness (QED) is 0.485. The highest BCUT2D eigenvalue weighted by Crippen LogP contribution is 2.26. The lowest BCUT2D eigenvalue weighted by atomic mass is 9.96. The molecule has 0 aliphatic carbocycles. The number of primary amides is 1. The summed E-state index contributed by atoms with van der Waals surface area (Å²) < 4.78 is 27.1. The highest BCUT2D eigenvalue weighted by atomic mass is 16.7. The Morgan fingerprint density at radius 3 is 2.61 bits per heavy atom. The molecule has 0 bridgehead atoms. The van der Waals surface area contributed by atoms with E-state index < -0.39 is 42.4 Å². The first-order chi connectivity index (χ1) is 13.2. The van der Waals surface area contributed by atoms with Gasteiger partial charge in [0.15, 0.2) is 12.4 Å². The van der Waals surface area contributed by atoms with Crippen LogP contribution >= 0.6 is 0 Å². The average molecular weight is 395 g/mol. The number of hydrogen-bond donors (Lipinski definition) is 2. The molecule has 3 atom stereocenters. The van der Waals surface area contributed by atoms with Gasteiger partial charge in [-0.2, -0.15) is 0 Å². The zero-order valence-corrected chi connectivity index (χ0v) is 16.2. The predicted molar refractivity (Wildman–Crippen MR) is 100 cm³/mol. The Morgan fingerprint density at radius 2 is 2.00 bits per heavy atom. The van der Waals surface area contributed by atoms with E-state index in [9.17, 15) is 14.7 Å². The molecule has 2 unspecified atom stereocenters. The van der Waals surface area contributed by atoms with Crippen LogP contribution in [0.2, 0.25) is 0 Å². The van der Waals surface area contributed by atoms with Crippen molar-refractivity contribution in [3.63, 3.8) is 0 Å². The number of rotatable bonds is 9. The van der Waals surface area contributed by atoms with E-state index in [4.69, 9.17) is 29.1 Å². The maximum atomic E-state index is 11.3. The molecule has 1 heterocycles. The van der Waals surface area contributed by atoms with Gasteiger partial charge in [0.25, 0.3) is 0 Å². The van der Waals surface area contributed by atoms with Crippen LogP contribution in [0.25, 0.3) is 11.0 Å². The molecule has 0 saturated heterocycles. The summed E-state index contributed by atoms with van der Waals surface area (Å²) >= 11 is 0. The van der Waals surface area contributed by atoms with Crippen LogP contribution in [0, 0.1) is 0 Å². The van der Waals surface area contributed by atoms with E-state index in [0.29, 0.717) is 16.7 Å². The zero-order valence-electron chi connectivity index (χ0n) is 16.2. The number of fused-ring (bicyclic) bond motifs is 1. The van der Waals surface area contributed by atoms with Crippen LogP contribution in [0.3, 0.4) is 0 Å². The molecule has 2 aromatic rings. The van der Waals surface area contributed by atoms with Crippen LogP contribution in [0.15, 0.2) is 39.5 Å². The van der Waals surface area contributed by atoms with Crippen LogP contribution in [-0.4, -0.2) is 49.0 Å². The van der Waals surface area contributed by atoms with E-state index >= 15 is 0 Å². The van der Waals surface area contributed by atoms with Gasteiger partial charge in [-0.25, -0.2) is 9.59 Å². The molecule has 9 heteroatoms. The van der Waals surface area contributed by atoms with Gasteiger partial charge in [0, 0.05) is 18.6 Å². The van der Waals surface area contributed by atoms with Crippen LogP contribution in [-0.2, 0) is 14.2 Å². The summed E-state index contributed by atoms with van der Waals surface area (Å²) in [5, 5.41) is 10.2. The number of methoxy groups -OCH3 is 1. The third kappa shape index (κ3) is 5.44. The molecular weight excluding hydrogens is 370 g/mol. The molecule has 1 amide bonds.